The van der Waals surface area contributed by atoms with E-state index in [0.717, 1.165) is 16.8 Å². The average molecular weight is 364 g/mol. The first kappa shape index (κ1) is 17.4. The molecule has 1 amide bonds. The van der Waals surface area contributed by atoms with Gasteiger partial charge in [0.2, 0.25) is 5.91 Å². The molecule has 0 atom stereocenters. The molecule has 1 aliphatic rings. The van der Waals surface area contributed by atoms with Gasteiger partial charge in [0.1, 0.15) is 11.5 Å². The van der Waals surface area contributed by atoms with E-state index in [1.54, 1.807) is 13.0 Å². The van der Waals surface area contributed by atoms with Crippen LogP contribution in [0.1, 0.15) is 23.6 Å². The Bertz CT molecular complexity index is 948. The van der Waals surface area contributed by atoms with Gasteiger partial charge in [-0.3, -0.25) is 4.79 Å². The molecule has 6 heteroatoms. The van der Waals surface area contributed by atoms with Gasteiger partial charge in [-0.15, -0.1) is 5.10 Å². The van der Waals surface area contributed by atoms with E-state index in [-0.39, 0.29) is 17.8 Å². The van der Waals surface area contributed by atoms with E-state index in [2.05, 4.69) is 10.3 Å². The third-order valence-electron chi connectivity index (χ3n) is 5.03. The molecule has 2 aromatic carbocycles. The molecule has 0 bridgehead atoms. The molecule has 1 fully saturated rings. The molecule has 2 heterocycles. The fourth-order valence-corrected chi connectivity index (χ4v) is 3.22. The Morgan fingerprint density at radius 2 is 1.96 bits per heavy atom. The lowest BCUT2D eigenvalue weighted by molar-refractivity contribution is -0.137. The maximum atomic E-state index is 13.6. The van der Waals surface area contributed by atoms with Crippen LogP contribution in [0.3, 0.4) is 0 Å². The number of aryl methyl sites for hydroxylation is 2. The van der Waals surface area contributed by atoms with Crippen LogP contribution in [0, 0.1) is 12.7 Å². The first-order chi connectivity index (χ1) is 13.1. The van der Waals surface area contributed by atoms with Crippen molar-refractivity contribution >= 4 is 5.91 Å². The molecule has 0 radical (unpaired) electrons. The number of aromatic nitrogens is 3. The van der Waals surface area contributed by atoms with Gasteiger partial charge in [0, 0.05) is 25.1 Å². The largest absolute Gasteiger partial charge is 0.338 e. The molecule has 0 spiro atoms. The Balaban J connectivity index is 1.29. The van der Waals surface area contributed by atoms with Crippen LogP contribution in [-0.4, -0.2) is 38.9 Å². The number of rotatable bonds is 5. The van der Waals surface area contributed by atoms with Crippen LogP contribution in [0.5, 0.6) is 0 Å². The van der Waals surface area contributed by atoms with Crippen LogP contribution in [0.2, 0.25) is 0 Å². The highest BCUT2D eigenvalue weighted by Gasteiger charge is 2.32. The van der Waals surface area contributed by atoms with Crippen molar-refractivity contribution in [2.24, 2.45) is 0 Å². The zero-order valence-electron chi connectivity index (χ0n) is 15.2. The second-order valence-electron chi connectivity index (χ2n) is 6.99. The molecule has 1 aliphatic heterocycles. The van der Waals surface area contributed by atoms with Crippen LogP contribution >= 0.6 is 0 Å². The molecule has 0 aliphatic carbocycles. The molecule has 4 rings (SSSR count). The smallest absolute Gasteiger partial charge is 0.223 e. The molecule has 1 saturated heterocycles. The average Bonchev–Trinajstić information content (AvgIpc) is 3.12. The summed E-state index contributed by atoms with van der Waals surface area (Å²) < 4.78 is 15.4. The predicted molar refractivity (Wildman–Crippen MR) is 101 cm³/mol. The Morgan fingerprint density at radius 3 is 2.70 bits per heavy atom. The standard InChI is InChI=1S/C21H21FN4O/c1-15-7-8-16(11-19(15)22)9-10-21(27)25-12-18(13-25)26-14-20(23-24-26)17-5-3-2-4-6-17/h2-8,11,14,18H,9-10,12-13H2,1H3. The highest BCUT2D eigenvalue weighted by atomic mass is 19.1. The summed E-state index contributed by atoms with van der Waals surface area (Å²) >= 11 is 0. The number of benzene rings is 2. The van der Waals surface area contributed by atoms with E-state index >= 15 is 0 Å². The molecular weight excluding hydrogens is 343 g/mol. The minimum Gasteiger partial charge on any atom is -0.338 e. The highest BCUT2D eigenvalue weighted by molar-refractivity contribution is 5.77. The number of hydrogen-bond donors (Lipinski definition) is 0. The minimum absolute atomic E-state index is 0.0932. The molecule has 5 nitrogen and oxygen atoms in total. The molecule has 0 N–H and O–H groups in total. The van der Waals surface area contributed by atoms with Crippen molar-refractivity contribution in [2.45, 2.75) is 25.8 Å². The van der Waals surface area contributed by atoms with Crippen LogP contribution in [-0.2, 0) is 11.2 Å². The predicted octanol–water partition coefficient (Wildman–Crippen LogP) is 3.41. The maximum absolute atomic E-state index is 13.6. The number of amides is 1. The molecule has 27 heavy (non-hydrogen) atoms. The Kier molecular flexibility index (Phi) is 4.71. The summed E-state index contributed by atoms with van der Waals surface area (Å²) in [6.07, 6.45) is 2.87. The van der Waals surface area contributed by atoms with E-state index in [1.807, 2.05) is 52.2 Å². The van der Waals surface area contributed by atoms with Crippen molar-refractivity contribution in [3.8, 4) is 11.3 Å². The van der Waals surface area contributed by atoms with Crippen molar-refractivity contribution < 1.29 is 9.18 Å². The van der Waals surface area contributed by atoms with Crippen LogP contribution < -0.4 is 0 Å². The number of hydrogen-bond acceptors (Lipinski definition) is 3. The van der Waals surface area contributed by atoms with Gasteiger partial charge < -0.3 is 4.90 Å². The zero-order valence-corrected chi connectivity index (χ0v) is 15.2. The number of halogens is 1. The summed E-state index contributed by atoms with van der Waals surface area (Å²) in [5.41, 5.74) is 3.34. The van der Waals surface area contributed by atoms with Crippen LogP contribution in [0.25, 0.3) is 11.3 Å². The van der Waals surface area contributed by atoms with E-state index in [4.69, 9.17) is 0 Å². The van der Waals surface area contributed by atoms with Crippen molar-refractivity contribution in [3.05, 3.63) is 71.7 Å². The summed E-state index contributed by atoms with van der Waals surface area (Å²) in [5, 5.41) is 8.43. The molecule has 3 aromatic rings. The van der Waals surface area contributed by atoms with Gasteiger partial charge in [-0.1, -0.05) is 47.7 Å². The third-order valence-corrected chi connectivity index (χ3v) is 5.03. The third kappa shape index (κ3) is 3.74. The maximum Gasteiger partial charge on any atom is 0.223 e. The van der Waals surface area contributed by atoms with E-state index < -0.39 is 0 Å². The van der Waals surface area contributed by atoms with E-state index in [1.165, 1.54) is 6.07 Å². The second-order valence-corrected chi connectivity index (χ2v) is 6.99. The van der Waals surface area contributed by atoms with Gasteiger partial charge in [-0.2, -0.15) is 0 Å². The van der Waals surface area contributed by atoms with Crippen molar-refractivity contribution in [3.63, 3.8) is 0 Å². The summed E-state index contributed by atoms with van der Waals surface area (Å²) in [4.78, 5) is 14.2. The van der Waals surface area contributed by atoms with Crippen molar-refractivity contribution in [1.29, 1.82) is 0 Å². The van der Waals surface area contributed by atoms with E-state index in [0.29, 0.717) is 31.5 Å². The lowest BCUT2D eigenvalue weighted by Crippen LogP contribution is -2.50. The SMILES string of the molecule is Cc1ccc(CCC(=O)N2CC(n3cc(-c4ccccc4)nn3)C2)cc1F. The molecule has 0 unspecified atom stereocenters. The second kappa shape index (κ2) is 7.31. The lowest BCUT2D eigenvalue weighted by Gasteiger charge is -2.39. The summed E-state index contributed by atoms with van der Waals surface area (Å²) in [5.74, 6) is -0.125. The van der Waals surface area contributed by atoms with Gasteiger partial charge in [-0.25, -0.2) is 9.07 Å². The fraction of sp³-hybridized carbons (Fsp3) is 0.286. The van der Waals surface area contributed by atoms with Crippen molar-refractivity contribution in [1.82, 2.24) is 19.9 Å². The van der Waals surface area contributed by atoms with Gasteiger partial charge in [0.25, 0.3) is 0 Å². The summed E-state index contributed by atoms with van der Waals surface area (Å²) in [7, 11) is 0. The highest BCUT2D eigenvalue weighted by Crippen LogP contribution is 2.24. The van der Waals surface area contributed by atoms with Crippen LogP contribution in [0.15, 0.2) is 54.7 Å². The van der Waals surface area contributed by atoms with Crippen LogP contribution in [0.4, 0.5) is 4.39 Å². The monoisotopic (exact) mass is 364 g/mol. The Morgan fingerprint density at radius 1 is 1.19 bits per heavy atom. The van der Waals surface area contributed by atoms with E-state index in [9.17, 15) is 9.18 Å². The summed E-state index contributed by atoms with van der Waals surface area (Å²) in [6, 6.07) is 15.2. The number of carbonyl (C=O) groups is 1. The van der Waals surface area contributed by atoms with Gasteiger partial charge in [-0.05, 0) is 30.5 Å². The first-order valence-corrected chi connectivity index (χ1v) is 9.10. The van der Waals surface area contributed by atoms with Crippen molar-refractivity contribution in [2.75, 3.05) is 13.1 Å². The lowest BCUT2D eigenvalue weighted by atomic mass is 10.0. The summed E-state index contributed by atoms with van der Waals surface area (Å²) in [6.45, 7) is 3.01. The van der Waals surface area contributed by atoms with Gasteiger partial charge in [0.15, 0.2) is 0 Å². The number of likely N-dealkylation sites (tertiary alicyclic amines) is 1. The molecular formula is C21H21FN4O. The zero-order chi connectivity index (χ0) is 18.8. The molecule has 138 valence electrons. The van der Waals surface area contributed by atoms with Gasteiger partial charge in [0.05, 0.1) is 12.2 Å². The number of carbonyl (C=O) groups excluding carboxylic acids is 1. The fourth-order valence-electron chi connectivity index (χ4n) is 3.22. The first-order valence-electron chi connectivity index (χ1n) is 9.10. The molecule has 1 aromatic heterocycles. The van der Waals surface area contributed by atoms with Gasteiger partial charge >= 0.3 is 0 Å². The molecule has 0 saturated carbocycles. The topological polar surface area (TPSA) is 51.0 Å². The number of nitrogens with zero attached hydrogens (tertiary/aromatic N) is 4. The normalized spacial score (nSPS) is 14.2. The quantitative estimate of drug-likeness (QED) is 0.697. The Hall–Kier alpha value is -3.02. The minimum atomic E-state index is -0.218. The Labute approximate surface area is 157 Å².